The Hall–Kier alpha value is -0.930. The van der Waals surface area contributed by atoms with Gasteiger partial charge in [0.25, 0.3) is 0 Å². The van der Waals surface area contributed by atoms with E-state index in [9.17, 15) is 0 Å². The van der Waals surface area contributed by atoms with E-state index in [0.29, 0.717) is 0 Å². The van der Waals surface area contributed by atoms with Crippen LogP contribution < -0.4 is 23.0 Å². The molecule has 4 heteroatoms. The van der Waals surface area contributed by atoms with Crippen molar-refractivity contribution in [3.05, 3.63) is 24.3 Å². The molecular weight excluding hydrogens is 258 g/mol. The molecule has 1 unspecified atom stereocenters. The highest BCUT2D eigenvalue weighted by molar-refractivity contribution is 5.53. The summed E-state index contributed by atoms with van der Waals surface area (Å²) in [6.45, 7) is 5.16. The summed E-state index contributed by atoms with van der Waals surface area (Å²) >= 11 is 0. The molecule has 1 atom stereocenters. The average molecular weight is 282 g/mol. The van der Waals surface area contributed by atoms with E-state index in [4.69, 9.17) is 5.73 Å². The van der Waals surface area contributed by atoms with Crippen LogP contribution in [0, 0.1) is 0 Å². The molecule has 1 aromatic carbocycles. The molecule has 19 heavy (non-hydrogen) atoms. The van der Waals surface area contributed by atoms with E-state index in [2.05, 4.69) is 24.1 Å². The molecule has 0 spiro atoms. The fraction of sp³-hybridized carbons (Fsp3) is 0.600. The smallest absolute Gasteiger partial charge is 0.108 e. The van der Waals surface area contributed by atoms with Gasteiger partial charge in [-0.25, -0.2) is 0 Å². The summed E-state index contributed by atoms with van der Waals surface area (Å²) in [5.74, 6) is 0. The van der Waals surface area contributed by atoms with Crippen molar-refractivity contribution in [3.8, 4) is 0 Å². The van der Waals surface area contributed by atoms with Crippen LogP contribution in [0.5, 0.6) is 0 Å². The number of nitrogens with zero attached hydrogens (tertiary/aromatic N) is 2. The molecule has 2 aliphatic rings. The number of quaternary nitrogens is 1. The molecule has 3 nitrogen and oxygen atoms in total. The molecule has 2 saturated heterocycles. The highest BCUT2D eigenvalue weighted by Gasteiger charge is 2.40. The second-order valence-corrected chi connectivity index (χ2v) is 6.11. The predicted molar refractivity (Wildman–Crippen MR) is 76.6 cm³/mol. The van der Waals surface area contributed by atoms with Gasteiger partial charge in [0.1, 0.15) is 6.04 Å². The summed E-state index contributed by atoms with van der Waals surface area (Å²) in [5, 5.41) is 0. The molecule has 2 N–H and O–H groups in total. The number of nitrogens with two attached hydrogens (primary N) is 1. The largest absolute Gasteiger partial charge is 1.00 e. The van der Waals surface area contributed by atoms with Gasteiger partial charge in [-0.05, 0) is 24.3 Å². The van der Waals surface area contributed by atoms with E-state index in [0.717, 1.165) is 11.7 Å². The van der Waals surface area contributed by atoms with Gasteiger partial charge in [0.15, 0.2) is 0 Å². The van der Waals surface area contributed by atoms with Crippen LogP contribution in [0.1, 0.15) is 19.3 Å². The molecule has 0 amide bonds. The number of nitrogen functional groups attached to an aromatic ring is 1. The van der Waals surface area contributed by atoms with Crippen molar-refractivity contribution in [1.29, 1.82) is 0 Å². The second-order valence-electron chi connectivity index (χ2n) is 6.11. The highest BCUT2D eigenvalue weighted by atomic mass is 35.5. The van der Waals surface area contributed by atoms with Gasteiger partial charge in [-0.3, -0.25) is 0 Å². The average Bonchev–Trinajstić information content (AvgIpc) is 2.99. The molecule has 106 valence electrons. The summed E-state index contributed by atoms with van der Waals surface area (Å²) < 4.78 is 1.30. The van der Waals surface area contributed by atoms with Gasteiger partial charge in [-0.2, -0.15) is 0 Å². The van der Waals surface area contributed by atoms with Crippen molar-refractivity contribution >= 4 is 11.4 Å². The Labute approximate surface area is 122 Å². The Morgan fingerprint density at radius 2 is 1.79 bits per heavy atom. The lowest BCUT2D eigenvalue weighted by molar-refractivity contribution is -0.919. The summed E-state index contributed by atoms with van der Waals surface area (Å²) in [6, 6.07) is 9.15. The van der Waals surface area contributed by atoms with Crippen LogP contribution in [0.4, 0.5) is 11.4 Å². The predicted octanol–water partition coefficient (Wildman–Crippen LogP) is -0.908. The number of likely N-dealkylation sites (N-methyl/N-ethyl adjacent to an activating group) is 1. The first-order valence-corrected chi connectivity index (χ1v) is 7.12. The molecule has 2 heterocycles. The Morgan fingerprint density at radius 3 is 2.42 bits per heavy atom. The van der Waals surface area contributed by atoms with Crippen LogP contribution in [-0.4, -0.2) is 43.8 Å². The SMILES string of the molecule is C[N+]1(C2CCN(c3ccc(N)cc3)C2)CCCC1.[Cl-]. The number of rotatable bonds is 2. The zero-order valence-electron chi connectivity index (χ0n) is 11.7. The standard InChI is InChI=1S/C15H24N3.ClH/c1-18(10-2-3-11-18)15-8-9-17(12-15)14-6-4-13(16)5-7-14;/h4-7,15H,2-3,8-12,16H2,1H3;1H/q+1;/p-1. The Kier molecular flexibility index (Phi) is 4.26. The number of benzene rings is 1. The molecule has 0 radical (unpaired) electrons. The Morgan fingerprint density at radius 1 is 1.16 bits per heavy atom. The number of anilines is 2. The van der Waals surface area contributed by atoms with Gasteiger partial charge >= 0.3 is 0 Å². The molecule has 0 aromatic heterocycles. The van der Waals surface area contributed by atoms with Crippen molar-refractivity contribution in [3.63, 3.8) is 0 Å². The van der Waals surface area contributed by atoms with Gasteiger partial charge in [0.2, 0.25) is 0 Å². The number of likely N-dealkylation sites (tertiary alicyclic amines) is 1. The molecule has 1 aromatic rings. The molecule has 2 fully saturated rings. The van der Waals surface area contributed by atoms with E-state index in [1.807, 2.05) is 12.1 Å². The summed E-state index contributed by atoms with van der Waals surface area (Å²) in [5.41, 5.74) is 7.94. The Balaban J connectivity index is 0.00000133. The zero-order chi connectivity index (χ0) is 12.6. The lowest BCUT2D eigenvalue weighted by atomic mass is 10.2. The van der Waals surface area contributed by atoms with Gasteiger partial charge in [-0.1, -0.05) is 0 Å². The molecule has 0 saturated carbocycles. The minimum atomic E-state index is 0. The molecule has 3 rings (SSSR count). The van der Waals surface area contributed by atoms with Crippen molar-refractivity contribution in [2.75, 3.05) is 43.9 Å². The quantitative estimate of drug-likeness (QED) is 0.562. The van der Waals surface area contributed by atoms with E-state index in [1.54, 1.807) is 0 Å². The maximum absolute atomic E-state index is 5.75. The molecule has 0 aliphatic carbocycles. The van der Waals surface area contributed by atoms with Gasteiger partial charge in [-0.15, -0.1) is 0 Å². The van der Waals surface area contributed by atoms with Crippen LogP contribution in [0.15, 0.2) is 24.3 Å². The molecule has 0 bridgehead atoms. The first kappa shape index (κ1) is 14.5. The van der Waals surface area contributed by atoms with Crippen LogP contribution in [0.3, 0.4) is 0 Å². The van der Waals surface area contributed by atoms with E-state index >= 15 is 0 Å². The van der Waals surface area contributed by atoms with Gasteiger partial charge < -0.3 is 27.5 Å². The first-order valence-electron chi connectivity index (χ1n) is 7.12. The first-order chi connectivity index (χ1) is 8.67. The van der Waals surface area contributed by atoms with Crippen molar-refractivity contribution in [1.82, 2.24) is 0 Å². The van der Waals surface area contributed by atoms with E-state index < -0.39 is 0 Å². The highest BCUT2D eigenvalue weighted by Crippen LogP contribution is 2.30. The fourth-order valence-electron chi connectivity index (χ4n) is 3.59. The minimum Gasteiger partial charge on any atom is -1.00 e. The third-order valence-electron chi connectivity index (χ3n) is 4.89. The lowest BCUT2D eigenvalue weighted by Gasteiger charge is -2.35. The van der Waals surface area contributed by atoms with Gasteiger partial charge in [0.05, 0.1) is 26.7 Å². The maximum atomic E-state index is 5.75. The number of hydrogen-bond acceptors (Lipinski definition) is 2. The monoisotopic (exact) mass is 281 g/mol. The molecular formula is C15H24ClN3. The normalized spacial score (nSPS) is 25.3. The van der Waals surface area contributed by atoms with Crippen molar-refractivity contribution < 1.29 is 16.9 Å². The third-order valence-corrected chi connectivity index (χ3v) is 4.89. The topological polar surface area (TPSA) is 29.3 Å². The Bertz CT molecular complexity index is 412. The summed E-state index contributed by atoms with van der Waals surface area (Å²) in [4.78, 5) is 2.52. The minimum absolute atomic E-state index is 0. The van der Waals surface area contributed by atoms with Crippen LogP contribution in [-0.2, 0) is 0 Å². The second kappa shape index (κ2) is 5.59. The van der Waals surface area contributed by atoms with Crippen molar-refractivity contribution in [2.24, 2.45) is 0 Å². The fourth-order valence-corrected chi connectivity index (χ4v) is 3.59. The van der Waals surface area contributed by atoms with Crippen LogP contribution in [0.2, 0.25) is 0 Å². The van der Waals surface area contributed by atoms with E-state index in [-0.39, 0.29) is 12.4 Å². The van der Waals surface area contributed by atoms with E-state index in [1.165, 1.54) is 55.6 Å². The maximum Gasteiger partial charge on any atom is 0.108 e. The number of halogens is 1. The lowest BCUT2D eigenvalue weighted by Crippen LogP contribution is -3.00. The van der Waals surface area contributed by atoms with Crippen molar-refractivity contribution in [2.45, 2.75) is 25.3 Å². The number of hydrogen-bond donors (Lipinski definition) is 1. The summed E-state index contributed by atoms with van der Waals surface area (Å²) in [7, 11) is 2.45. The van der Waals surface area contributed by atoms with Crippen LogP contribution >= 0.6 is 0 Å². The third kappa shape index (κ3) is 2.82. The summed E-state index contributed by atoms with van der Waals surface area (Å²) in [6.07, 6.45) is 4.16. The molecule has 2 aliphatic heterocycles. The van der Waals surface area contributed by atoms with Gasteiger partial charge in [0, 0.05) is 37.2 Å². The van der Waals surface area contributed by atoms with Crippen LogP contribution in [0.25, 0.3) is 0 Å². The zero-order valence-corrected chi connectivity index (χ0v) is 12.4.